The van der Waals surface area contributed by atoms with Crippen molar-refractivity contribution in [3.63, 3.8) is 0 Å². The molecule has 0 spiro atoms. The maximum Gasteiger partial charge on any atom is 0.276 e. The summed E-state index contributed by atoms with van der Waals surface area (Å²) in [6.07, 6.45) is 3.21. The first kappa shape index (κ1) is 21.5. The molecule has 0 radical (unpaired) electrons. The summed E-state index contributed by atoms with van der Waals surface area (Å²) in [5, 5.41) is 3.09. The van der Waals surface area contributed by atoms with Crippen LogP contribution < -0.4 is 10.9 Å². The van der Waals surface area contributed by atoms with E-state index in [1.54, 1.807) is 0 Å². The highest BCUT2D eigenvalue weighted by Crippen LogP contribution is 2.30. The third kappa shape index (κ3) is 4.17. The number of carbonyl (C=O) groups excluding carboxylic acids is 1. The summed E-state index contributed by atoms with van der Waals surface area (Å²) in [7, 11) is -1.64. The molecule has 3 atom stereocenters. The third-order valence-electron chi connectivity index (χ3n) is 6.60. The second-order valence-electron chi connectivity index (χ2n) is 8.62. The highest BCUT2D eigenvalue weighted by molar-refractivity contribution is 7.91. The van der Waals surface area contributed by atoms with E-state index < -0.39 is 15.9 Å². The molecule has 2 saturated heterocycles. The van der Waals surface area contributed by atoms with Crippen molar-refractivity contribution in [1.29, 1.82) is 0 Å². The number of rotatable bonds is 5. The number of nitrogens with one attached hydrogen (secondary N) is 1. The minimum atomic E-state index is -3.14. The van der Waals surface area contributed by atoms with E-state index in [4.69, 9.17) is 4.74 Å². The lowest BCUT2D eigenvalue weighted by Crippen LogP contribution is -2.48. The summed E-state index contributed by atoms with van der Waals surface area (Å²) in [6.45, 7) is 4.04. The van der Waals surface area contributed by atoms with Gasteiger partial charge < -0.3 is 19.5 Å². The number of nitrogens with zero attached hydrogens (tertiary/aromatic N) is 3. The van der Waals surface area contributed by atoms with Crippen molar-refractivity contribution >= 4 is 15.7 Å². The average Bonchev–Trinajstić information content (AvgIpc) is 3.29. The third-order valence-corrected chi connectivity index (χ3v) is 8.30. The van der Waals surface area contributed by atoms with E-state index >= 15 is 0 Å². The predicted octanol–water partition coefficient (Wildman–Crippen LogP) is -0.394. The highest BCUT2D eigenvalue weighted by atomic mass is 32.2. The van der Waals surface area contributed by atoms with Gasteiger partial charge in [-0.15, -0.1) is 0 Å². The summed E-state index contributed by atoms with van der Waals surface area (Å²) in [6, 6.07) is -0.367. The summed E-state index contributed by atoms with van der Waals surface area (Å²) >= 11 is 0. The van der Waals surface area contributed by atoms with Gasteiger partial charge in [-0.2, -0.15) is 4.98 Å². The lowest BCUT2D eigenvalue weighted by molar-refractivity contribution is -0.131. The van der Waals surface area contributed by atoms with Crippen LogP contribution in [0.1, 0.15) is 42.3 Å². The van der Waals surface area contributed by atoms with Crippen LogP contribution in [0.15, 0.2) is 4.79 Å². The van der Waals surface area contributed by atoms with Crippen LogP contribution in [0, 0.1) is 6.92 Å². The van der Waals surface area contributed by atoms with E-state index in [1.807, 2.05) is 11.8 Å². The molecule has 1 aromatic heterocycles. The second-order valence-corrected chi connectivity index (χ2v) is 10.8. The molecule has 4 rings (SSSR count). The van der Waals surface area contributed by atoms with Crippen LogP contribution in [-0.2, 0) is 32.3 Å². The average molecular weight is 439 g/mol. The molecule has 10 heteroatoms. The molecule has 4 heterocycles. The quantitative estimate of drug-likeness (QED) is 0.666. The number of aromatic nitrogens is 2. The molecule has 9 nitrogen and oxygen atoms in total. The van der Waals surface area contributed by atoms with Crippen molar-refractivity contribution in [2.24, 2.45) is 0 Å². The fourth-order valence-electron chi connectivity index (χ4n) is 5.07. The van der Waals surface area contributed by atoms with Crippen molar-refractivity contribution in [1.82, 2.24) is 19.8 Å². The number of amides is 1. The molecule has 3 aliphatic rings. The van der Waals surface area contributed by atoms with Crippen LogP contribution in [0.5, 0.6) is 0 Å². The normalized spacial score (nSPS) is 27.9. The van der Waals surface area contributed by atoms with Gasteiger partial charge in [0.25, 0.3) is 5.56 Å². The molecule has 0 aromatic carbocycles. The molecule has 0 unspecified atom stereocenters. The van der Waals surface area contributed by atoms with Crippen molar-refractivity contribution in [3.8, 4) is 0 Å². The van der Waals surface area contributed by atoms with Crippen molar-refractivity contribution in [3.05, 3.63) is 27.4 Å². The summed E-state index contributed by atoms with van der Waals surface area (Å²) in [4.78, 5) is 31.3. The Morgan fingerprint density at radius 1 is 1.27 bits per heavy atom. The van der Waals surface area contributed by atoms with Gasteiger partial charge in [-0.1, -0.05) is 0 Å². The SMILES string of the molecule is CO[C@H]1CS(=O)(=O)C[C@@H]1NCC(=O)N1CCC[C@H](c2c(C)c(=O)nc3n2CCC3)C1. The fraction of sp³-hybridized carbons (Fsp3) is 0.750. The van der Waals surface area contributed by atoms with E-state index in [9.17, 15) is 18.0 Å². The van der Waals surface area contributed by atoms with Gasteiger partial charge in [-0.05, 0) is 26.2 Å². The molecule has 3 aliphatic heterocycles. The number of piperidine rings is 1. The fourth-order valence-corrected chi connectivity index (χ4v) is 6.95. The van der Waals surface area contributed by atoms with E-state index in [0.29, 0.717) is 18.7 Å². The first-order valence-corrected chi connectivity index (χ1v) is 12.5. The Morgan fingerprint density at radius 2 is 2.07 bits per heavy atom. The minimum Gasteiger partial charge on any atom is -0.379 e. The molecule has 0 saturated carbocycles. The molecule has 1 N–H and O–H groups in total. The Bertz CT molecular complexity index is 990. The Balaban J connectivity index is 1.44. The smallest absolute Gasteiger partial charge is 0.276 e. The van der Waals surface area contributed by atoms with Gasteiger partial charge in [-0.3, -0.25) is 9.59 Å². The van der Waals surface area contributed by atoms with Crippen LogP contribution in [0.3, 0.4) is 0 Å². The summed E-state index contributed by atoms with van der Waals surface area (Å²) < 4.78 is 31.2. The molecule has 30 heavy (non-hydrogen) atoms. The van der Waals surface area contributed by atoms with Gasteiger partial charge in [0.1, 0.15) is 5.82 Å². The highest BCUT2D eigenvalue weighted by Gasteiger charge is 2.38. The van der Waals surface area contributed by atoms with Crippen LogP contribution in [0.4, 0.5) is 0 Å². The lowest BCUT2D eigenvalue weighted by atomic mass is 9.91. The monoisotopic (exact) mass is 438 g/mol. The minimum absolute atomic E-state index is 0.00727. The second kappa shape index (κ2) is 8.39. The summed E-state index contributed by atoms with van der Waals surface area (Å²) in [5.41, 5.74) is 1.57. The maximum absolute atomic E-state index is 12.9. The largest absolute Gasteiger partial charge is 0.379 e. The summed E-state index contributed by atoms with van der Waals surface area (Å²) in [5.74, 6) is 0.914. The number of carbonyl (C=O) groups is 1. The van der Waals surface area contributed by atoms with Crippen LogP contribution in [0.25, 0.3) is 0 Å². The number of sulfone groups is 1. The van der Waals surface area contributed by atoms with Gasteiger partial charge in [0.05, 0.1) is 24.2 Å². The molecule has 166 valence electrons. The van der Waals surface area contributed by atoms with Crippen LogP contribution >= 0.6 is 0 Å². The Morgan fingerprint density at radius 3 is 2.83 bits per heavy atom. The molecule has 1 aromatic rings. The van der Waals surface area contributed by atoms with E-state index in [2.05, 4.69) is 14.9 Å². The number of likely N-dealkylation sites (tertiary alicyclic amines) is 1. The van der Waals surface area contributed by atoms with E-state index in [-0.39, 0.29) is 41.5 Å². The first-order chi connectivity index (χ1) is 14.3. The number of ether oxygens (including phenoxy) is 1. The number of hydrogen-bond acceptors (Lipinski definition) is 7. The van der Waals surface area contributed by atoms with Gasteiger partial charge in [-0.25, -0.2) is 8.42 Å². The predicted molar refractivity (Wildman–Crippen MR) is 111 cm³/mol. The molecule has 1 amide bonds. The van der Waals surface area contributed by atoms with Gasteiger partial charge in [0.15, 0.2) is 9.84 Å². The zero-order valence-corrected chi connectivity index (χ0v) is 18.4. The molecular weight excluding hydrogens is 408 g/mol. The molecule has 0 bridgehead atoms. The maximum atomic E-state index is 12.9. The Hall–Kier alpha value is -1.78. The van der Waals surface area contributed by atoms with Gasteiger partial charge in [0, 0.05) is 56.4 Å². The van der Waals surface area contributed by atoms with Crippen LogP contribution in [0.2, 0.25) is 0 Å². The number of methoxy groups -OCH3 is 1. The number of aryl methyl sites for hydroxylation is 1. The van der Waals surface area contributed by atoms with Crippen molar-refractivity contribution in [2.75, 3.05) is 38.2 Å². The topological polar surface area (TPSA) is 111 Å². The zero-order chi connectivity index (χ0) is 21.5. The zero-order valence-electron chi connectivity index (χ0n) is 17.6. The van der Waals surface area contributed by atoms with Crippen LogP contribution in [-0.4, -0.2) is 79.2 Å². The molecule has 0 aliphatic carbocycles. The Kier molecular flexibility index (Phi) is 6.00. The first-order valence-electron chi connectivity index (χ1n) is 10.6. The molecular formula is C20H30N4O5S. The van der Waals surface area contributed by atoms with E-state index in [0.717, 1.165) is 43.7 Å². The van der Waals surface area contributed by atoms with E-state index in [1.165, 1.54) is 7.11 Å². The molecule has 2 fully saturated rings. The lowest BCUT2D eigenvalue weighted by Gasteiger charge is -2.35. The number of hydrogen-bond donors (Lipinski definition) is 1. The standard InChI is InChI=1S/C20H30N4O5S/c1-13-19(24-8-4-6-17(24)22-20(13)26)14-5-3-7-23(10-14)18(25)9-21-15-11-30(27,28)12-16(15)29-2/h14-16,21H,3-12H2,1-2H3/t14-,15-,16-/m0/s1. The van der Waals surface area contributed by atoms with Gasteiger partial charge >= 0.3 is 0 Å². The Labute approximate surface area is 176 Å². The number of fused-ring (bicyclic) bond motifs is 1. The van der Waals surface area contributed by atoms with Crippen molar-refractivity contribution in [2.45, 2.75) is 57.2 Å². The van der Waals surface area contributed by atoms with Crippen molar-refractivity contribution < 1.29 is 17.9 Å². The van der Waals surface area contributed by atoms with Gasteiger partial charge in [0.2, 0.25) is 5.91 Å².